The summed E-state index contributed by atoms with van der Waals surface area (Å²) in [5.41, 5.74) is 0.911. The first-order valence-electron chi connectivity index (χ1n) is 10.8. The number of hydrogen-bond acceptors (Lipinski definition) is 5. The molecule has 170 valence electrons. The Labute approximate surface area is 186 Å². The van der Waals surface area contributed by atoms with Gasteiger partial charge in [0.25, 0.3) is 5.91 Å². The van der Waals surface area contributed by atoms with Crippen LogP contribution in [0.5, 0.6) is 11.5 Å². The van der Waals surface area contributed by atoms with Gasteiger partial charge < -0.3 is 20.5 Å². The molecule has 2 amide bonds. The first-order valence-corrected chi connectivity index (χ1v) is 10.8. The molecule has 0 bridgehead atoms. The number of nitrogens with one attached hydrogen (secondary N) is 2. The molecule has 1 aliphatic carbocycles. The fourth-order valence-electron chi connectivity index (χ4n) is 3.80. The van der Waals surface area contributed by atoms with Crippen molar-refractivity contribution in [3.05, 3.63) is 52.3 Å². The Kier molecular flexibility index (Phi) is 7.45. The van der Waals surface area contributed by atoms with Crippen LogP contribution in [0.3, 0.4) is 0 Å². The summed E-state index contributed by atoms with van der Waals surface area (Å²) in [6, 6.07) is 4.91. The Morgan fingerprint density at radius 3 is 2.78 bits per heavy atom. The molecule has 3 N–H and O–H groups in total. The molecule has 8 heteroatoms. The SMILES string of the molecule is CCCCc1c(OCCC)cc2c(c1F)CC(NC(=O)c1cccc(NC=O)c1O)C2=O. The van der Waals surface area contributed by atoms with Gasteiger partial charge >= 0.3 is 0 Å². The van der Waals surface area contributed by atoms with E-state index in [-0.39, 0.29) is 28.8 Å². The van der Waals surface area contributed by atoms with E-state index in [0.29, 0.717) is 30.8 Å². The van der Waals surface area contributed by atoms with Crippen molar-refractivity contribution in [2.45, 2.75) is 52.0 Å². The Bertz CT molecular complexity index is 1040. The number of rotatable bonds is 10. The normalized spacial score (nSPS) is 14.7. The van der Waals surface area contributed by atoms with Crippen LogP contribution in [0.25, 0.3) is 0 Å². The highest BCUT2D eigenvalue weighted by Gasteiger charge is 2.36. The van der Waals surface area contributed by atoms with Gasteiger partial charge in [0.05, 0.1) is 23.9 Å². The summed E-state index contributed by atoms with van der Waals surface area (Å²) in [7, 11) is 0. The molecule has 3 rings (SSSR count). The number of aromatic hydroxyl groups is 1. The lowest BCUT2D eigenvalue weighted by Crippen LogP contribution is -2.39. The minimum Gasteiger partial charge on any atom is -0.505 e. The van der Waals surface area contributed by atoms with Crippen LogP contribution in [0, 0.1) is 5.82 Å². The van der Waals surface area contributed by atoms with Crippen molar-refractivity contribution < 1.29 is 28.6 Å². The largest absolute Gasteiger partial charge is 0.505 e. The number of hydrogen-bond donors (Lipinski definition) is 3. The molecule has 0 saturated carbocycles. The number of carbonyl (C=O) groups excluding carboxylic acids is 3. The van der Waals surface area contributed by atoms with Crippen LogP contribution in [0.4, 0.5) is 10.1 Å². The van der Waals surface area contributed by atoms with Crippen LogP contribution >= 0.6 is 0 Å². The van der Waals surface area contributed by atoms with Gasteiger partial charge in [0.1, 0.15) is 11.6 Å². The molecule has 0 heterocycles. The average molecular weight is 442 g/mol. The number of fused-ring (bicyclic) bond motifs is 1. The summed E-state index contributed by atoms with van der Waals surface area (Å²) >= 11 is 0. The van der Waals surface area contributed by atoms with Crippen LogP contribution in [0.2, 0.25) is 0 Å². The van der Waals surface area contributed by atoms with Gasteiger partial charge in [-0.3, -0.25) is 14.4 Å². The minimum atomic E-state index is -0.963. The zero-order valence-corrected chi connectivity index (χ0v) is 18.2. The maximum Gasteiger partial charge on any atom is 0.255 e. The molecule has 1 atom stereocenters. The van der Waals surface area contributed by atoms with Crippen molar-refractivity contribution in [3.8, 4) is 11.5 Å². The third kappa shape index (κ3) is 4.59. The second-order valence-electron chi connectivity index (χ2n) is 7.70. The number of carbonyl (C=O) groups is 3. The summed E-state index contributed by atoms with van der Waals surface area (Å²) in [6.07, 6.45) is 3.33. The Hall–Kier alpha value is -3.42. The zero-order chi connectivity index (χ0) is 23.3. The van der Waals surface area contributed by atoms with Crippen molar-refractivity contribution >= 4 is 23.8 Å². The predicted octanol–water partition coefficient (Wildman–Crippen LogP) is 3.77. The highest BCUT2D eigenvalue weighted by atomic mass is 19.1. The van der Waals surface area contributed by atoms with E-state index in [9.17, 15) is 19.5 Å². The van der Waals surface area contributed by atoms with Gasteiger partial charge in [0.15, 0.2) is 11.5 Å². The van der Waals surface area contributed by atoms with Gasteiger partial charge in [-0.25, -0.2) is 4.39 Å². The topological polar surface area (TPSA) is 105 Å². The van der Waals surface area contributed by atoms with Crippen LogP contribution in [-0.2, 0) is 17.6 Å². The summed E-state index contributed by atoms with van der Waals surface area (Å²) < 4.78 is 21.1. The second kappa shape index (κ2) is 10.3. The van der Waals surface area contributed by atoms with Crippen molar-refractivity contribution in [1.82, 2.24) is 5.32 Å². The molecule has 2 aromatic carbocycles. The van der Waals surface area contributed by atoms with Crippen LogP contribution < -0.4 is 15.4 Å². The predicted molar refractivity (Wildman–Crippen MR) is 118 cm³/mol. The van der Waals surface area contributed by atoms with Crippen molar-refractivity contribution in [2.24, 2.45) is 0 Å². The molecule has 0 saturated heterocycles. The number of benzene rings is 2. The number of phenols is 1. The van der Waals surface area contributed by atoms with E-state index in [0.717, 1.165) is 19.3 Å². The standard InChI is InChI=1S/C24H27FN2O5/c1-3-5-7-14-20(32-10-4-2)12-17-16(21(14)25)11-19(23(17)30)27-24(31)15-8-6-9-18(22(15)29)26-13-28/h6,8-9,12-13,19,29H,3-5,7,10-11H2,1-2H3,(H,26,28)(H,27,31). The lowest BCUT2D eigenvalue weighted by molar-refractivity contribution is -0.105. The van der Waals surface area contributed by atoms with E-state index in [1.807, 2.05) is 13.8 Å². The third-order valence-electron chi connectivity index (χ3n) is 5.46. The zero-order valence-electron chi connectivity index (χ0n) is 18.2. The van der Waals surface area contributed by atoms with Crippen molar-refractivity contribution in [3.63, 3.8) is 0 Å². The molecule has 0 aliphatic heterocycles. The van der Waals surface area contributed by atoms with Crippen LogP contribution in [-0.4, -0.2) is 35.9 Å². The van der Waals surface area contributed by atoms with E-state index in [1.165, 1.54) is 18.2 Å². The monoisotopic (exact) mass is 442 g/mol. The number of halogens is 1. The van der Waals surface area contributed by atoms with Gasteiger partial charge in [-0.15, -0.1) is 0 Å². The highest BCUT2D eigenvalue weighted by Crippen LogP contribution is 2.35. The van der Waals surface area contributed by atoms with Crippen LogP contribution in [0.1, 0.15) is 65.0 Å². The number of para-hydroxylation sites is 1. The lowest BCUT2D eigenvalue weighted by atomic mass is 9.99. The first kappa shape index (κ1) is 23.2. The molecule has 0 radical (unpaired) electrons. The summed E-state index contributed by atoms with van der Waals surface area (Å²) in [5, 5.41) is 15.1. The van der Waals surface area contributed by atoms with Crippen molar-refractivity contribution in [2.75, 3.05) is 11.9 Å². The van der Waals surface area contributed by atoms with Gasteiger partial charge in [-0.05, 0) is 37.5 Å². The van der Waals surface area contributed by atoms with E-state index in [2.05, 4.69) is 10.6 Å². The van der Waals surface area contributed by atoms with E-state index >= 15 is 4.39 Å². The second-order valence-corrected chi connectivity index (χ2v) is 7.70. The Morgan fingerprint density at radius 1 is 1.31 bits per heavy atom. The minimum absolute atomic E-state index is 0.0198. The highest BCUT2D eigenvalue weighted by molar-refractivity contribution is 6.09. The molecule has 1 unspecified atom stereocenters. The summed E-state index contributed by atoms with van der Waals surface area (Å²) in [4.78, 5) is 36.3. The number of anilines is 1. The lowest BCUT2D eigenvalue weighted by Gasteiger charge is -2.14. The smallest absolute Gasteiger partial charge is 0.255 e. The van der Waals surface area contributed by atoms with E-state index < -0.39 is 29.3 Å². The fraction of sp³-hybridized carbons (Fsp3) is 0.375. The fourth-order valence-corrected chi connectivity index (χ4v) is 3.80. The van der Waals surface area contributed by atoms with Crippen molar-refractivity contribution in [1.29, 1.82) is 0 Å². The maximum absolute atomic E-state index is 15.4. The molecule has 0 spiro atoms. The van der Waals surface area contributed by atoms with Gasteiger partial charge in [0, 0.05) is 23.1 Å². The third-order valence-corrected chi connectivity index (χ3v) is 5.46. The number of amides is 2. The molecular weight excluding hydrogens is 415 g/mol. The first-order chi connectivity index (χ1) is 15.4. The number of phenolic OH excluding ortho intramolecular Hbond substituents is 1. The molecule has 32 heavy (non-hydrogen) atoms. The Balaban J connectivity index is 1.87. The molecule has 1 aliphatic rings. The molecule has 0 fully saturated rings. The van der Waals surface area contributed by atoms with Crippen LogP contribution in [0.15, 0.2) is 24.3 Å². The number of ether oxygens (including phenoxy) is 1. The van der Waals surface area contributed by atoms with Gasteiger partial charge in [-0.2, -0.15) is 0 Å². The molecule has 0 aromatic heterocycles. The summed E-state index contributed by atoms with van der Waals surface area (Å²) in [5.74, 6) is -1.59. The quantitative estimate of drug-likeness (QED) is 0.384. The van der Waals surface area contributed by atoms with Gasteiger partial charge in [0.2, 0.25) is 6.41 Å². The van der Waals surface area contributed by atoms with E-state index in [4.69, 9.17) is 4.74 Å². The molecular formula is C24H27FN2O5. The average Bonchev–Trinajstić information content (AvgIpc) is 3.09. The molecule has 2 aromatic rings. The number of ketones is 1. The molecule has 7 nitrogen and oxygen atoms in total. The number of unbranched alkanes of at least 4 members (excludes halogenated alkanes) is 1. The maximum atomic E-state index is 15.4. The Morgan fingerprint density at radius 2 is 2.09 bits per heavy atom. The van der Waals surface area contributed by atoms with Gasteiger partial charge in [-0.1, -0.05) is 26.3 Å². The van der Waals surface area contributed by atoms with E-state index in [1.54, 1.807) is 6.07 Å². The summed E-state index contributed by atoms with van der Waals surface area (Å²) in [6.45, 7) is 4.37. The number of Topliss-reactive ketones (excluding diaryl/α,β-unsaturated/α-hetero) is 1.